The van der Waals surface area contributed by atoms with Gasteiger partial charge in [-0.3, -0.25) is 10.1 Å². The number of non-ortho nitro benzene ring substituents is 1. The maximum Gasteiger partial charge on any atom is 0.339 e. The van der Waals surface area contributed by atoms with Crippen LogP contribution in [0.5, 0.6) is 5.75 Å². The number of benzene rings is 4. The first-order chi connectivity index (χ1) is 20.0. The van der Waals surface area contributed by atoms with E-state index < -0.39 is 17.0 Å². The quantitative estimate of drug-likeness (QED) is 0.0516. The Morgan fingerprint density at radius 2 is 1.63 bits per heavy atom. The Balaban J connectivity index is 1.34. The van der Waals surface area contributed by atoms with Gasteiger partial charge in [0.2, 0.25) is 0 Å². The van der Waals surface area contributed by atoms with Gasteiger partial charge in [0.25, 0.3) is 5.69 Å². The fourth-order valence-electron chi connectivity index (χ4n) is 3.92. The van der Waals surface area contributed by atoms with Gasteiger partial charge in [-0.25, -0.2) is 4.79 Å². The molecule has 0 N–H and O–H groups in total. The summed E-state index contributed by atoms with van der Waals surface area (Å²) in [5.41, 5.74) is 1.86. The van der Waals surface area contributed by atoms with Crippen LogP contribution in [0.1, 0.15) is 41.6 Å². The summed E-state index contributed by atoms with van der Waals surface area (Å²) in [6.45, 7) is 4.38. The lowest BCUT2D eigenvalue weighted by Crippen LogP contribution is -2.17. The van der Waals surface area contributed by atoms with Crippen molar-refractivity contribution in [3.63, 3.8) is 0 Å². The molecule has 0 amide bonds. The summed E-state index contributed by atoms with van der Waals surface area (Å²) in [7, 11) is 0. The van der Waals surface area contributed by atoms with Crippen molar-refractivity contribution in [3.8, 4) is 29.4 Å². The Kier molecular flexibility index (Phi) is 10.3. The second kappa shape index (κ2) is 14.7. The molecular formula is C35H29NO5. The Morgan fingerprint density at radius 3 is 2.39 bits per heavy atom. The molecule has 0 aliphatic rings. The molecule has 4 aromatic carbocycles. The number of fused-ring (bicyclic) bond motifs is 1. The molecule has 0 heterocycles. The molecule has 1 unspecified atom stereocenters. The van der Waals surface area contributed by atoms with Crippen LogP contribution in [-0.4, -0.2) is 23.6 Å². The van der Waals surface area contributed by atoms with E-state index in [4.69, 9.17) is 9.47 Å². The average molecular weight is 544 g/mol. The van der Waals surface area contributed by atoms with Crippen LogP contribution >= 0.6 is 0 Å². The number of unbranched alkanes of at least 4 members (excludes halogenated alkanes) is 1. The van der Waals surface area contributed by atoms with Crippen molar-refractivity contribution < 1.29 is 19.2 Å². The van der Waals surface area contributed by atoms with Crippen LogP contribution < -0.4 is 4.74 Å². The number of ether oxygens (including phenoxy) is 2. The van der Waals surface area contributed by atoms with Crippen LogP contribution in [0.2, 0.25) is 0 Å². The van der Waals surface area contributed by atoms with E-state index in [0.29, 0.717) is 32.3 Å². The van der Waals surface area contributed by atoms with Gasteiger partial charge in [-0.15, -0.1) is 0 Å². The standard InChI is InChI=1S/C35H29NO5/c1-27(26-40-34-24-21-29-15-8-9-16-31(29)25-34)11-10-18-33(17-7-3-6-14-28-12-4-2-5-13-28)41-35(37)30-19-22-32(23-20-30)36(38)39/h2,4-5,8-9,12-13,15-16,19-25,33H,1,3,7,11,17,26H2. The molecule has 41 heavy (non-hydrogen) atoms. The van der Waals surface area contributed by atoms with Gasteiger partial charge >= 0.3 is 5.97 Å². The van der Waals surface area contributed by atoms with Crippen molar-refractivity contribution in [2.45, 2.75) is 31.8 Å². The molecule has 4 aromatic rings. The molecule has 0 spiro atoms. The third-order valence-electron chi connectivity index (χ3n) is 6.10. The summed E-state index contributed by atoms with van der Waals surface area (Å²) in [4.78, 5) is 23.1. The van der Waals surface area contributed by atoms with E-state index >= 15 is 0 Å². The van der Waals surface area contributed by atoms with Gasteiger partial charge in [0.05, 0.1) is 10.5 Å². The van der Waals surface area contributed by atoms with E-state index in [-0.39, 0.29) is 11.3 Å². The van der Waals surface area contributed by atoms with Gasteiger partial charge in [-0.2, -0.15) is 0 Å². The molecule has 0 aliphatic carbocycles. The summed E-state index contributed by atoms with van der Waals surface area (Å²) >= 11 is 0. The Bertz CT molecular complexity index is 1640. The Morgan fingerprint density at radius 1 is 0.902 bits per heavy atom. The van der Waals surface area contributed by atoms with Crippen molar-refractivity contribution in [2.24, 2.45) is 0 Å². The van der Waals surface area contributed by atoms with Gasteiger partial charge in [-0.05, 0) is 65.6 Å². The van der Waals surface area contributed by atoms with Crippen molar-refractivity contribution in [2.75, 3.05) is 6.61 Å². The predicted octanol–water partition coefficient (Wildman–Crippen LogP) is 7.52. The van der Waals surface area contributed by atoms with E-state index in [9.17, 15) is 14.9 Å². The second-order valence-electron chi connectivity index (χ2n) is 9.30. The molecule has 0 bridgehead atoms. The fourth-order valence-corrected chi connectivity index (χ4v) is 3.92. The van der Waals surface area contributed by atoms with Crippen LogP contribution in [0.4, 0.5) is 5.69 Å². The summed E-state index contributed by atoms with van der Waals surface area (Å²) < 4.78 is 11.6. The predicted molar refractivity (Wildman–Crippen MR) is 160 cm³/mol. The Hall–Kier alpha value is -5.33. The number of carbonyl (C=O) groups excluding carboxylic acids is 1. The number of carbonyl (C=O) groups is 1. The number of hydrogen-bond acceptors (Lipinski definition) is 5. The average Bonchev–Trinajstić information content (AvgIpc) is 3.00. The van der Waals surface area contributed by atoms with Gasteiger partial charge in [-0.1, -0.05) is 78.8 Å². The first-order valence-corrected chi connectivity index (χ1v) is 13.2. The molecule has 4 rings (SSSR count). The number of rotatable bonds is 10. The monoisotopic (exact) mass is 543 g/mol. The topological polar surface area (TPSA) is 78.7 Å². The highest BCUT2D eigenvalue weighted by atomic mass is 16.6. The minimum atomic E-state index is -0.662. The molecule has 0 saturated carbocycles. The molecule has 6 nitrogen and oxygen atoms in total. The molecular weight excluding hydrogens is 514 g/mol. The third-order valence-corrected chi connectivity index (χ3v) is 6.10. The summed E-state index contributed by atoms with van der Waals surface area (Å²) in [5, 5.41) is 13.2. The molecule has 0 aliphatic heterocycles. The highest BCUT2D eigenvalue weighted by molar-refractivity contribution is 5.90. The first-order valence-electron chi connectivity index (χ1n) is 13.2. The zero-order valence-corrected chi connectivity index (χ0v) is 22.5. The molecule has 0 aromatic heterocycles. The Labute approximate surface area is 239 Å². The van der Waals surface area contributed by atoms with Crippen LogP contribution in [-0.2, 0) is 4.74 Å². The van der Waals surface area contributed by atoms with Gasteiger partial charge in [0.15, 0.2) is 6.10 Å². The summed E-state index contributed by atoms with van der Waals surface area (Å²) in [6, 6.07) is 29.0. The van der Waals surface area contributed by atoms with Crippen LogP contribution in [0, 0.1) is 33.8 Å². The van der Waals surface area contributed by atoms with Crippen molar-refractivity contribution in [1.29, 1.82) is 0 Å². The zero-order chi connectivity index (χ0) is 28.9. The number of nitrogens with zero attached hydrogens (tertiary/aromatic N) is 1. The fraction of sp³-hybridized carbons (Fsp3) is 0.171. The zero-order valence-electron chi connectivity index (χ0n) is 22.5. The van der Waals surface area contributed by atoms with E-state index in [2.05, 4.69) is 30.3 Å². The SMILES string of the molecule is C=C(CC#CC(CCCC#Cc1ccccc1)OC(=O)c1ccc([N+](=O)[O-])cc1)COc1ccc2ccccc2c1. The molecule has 0 fully saturated rings. The molecule has 204 valence electrons. The number of nitro groups is 1. The lowest BCUT2D eigenvalue weighted by atomic mass is 10.1. The number of nitro benzene ring substituents is 1. The number of hydrogen-bond donors (Lipinski definition) is 0. The van der Waals surface area contributed by atoms with E-state index in [1.807, 2.05) is 72.8 Å². The maximum atomic E-state index is 12.7. The second-order valence-corrected chi connectivity index (χ2v) is 9.30. The van der Waals surface area contributed by atoms with Crippen molar-refractivity contribution in [3.05, 3.63) is 130 Å². The highest BCUT2D eigenvalue weighted by Crippen LogP contribution is 2.21. The van der Waals surface area contributed by atoms with Gasteiger partial charge in [0.1, 0.15) is 12.4 Å². The first kappa shape index (κ1) is 28.7. The van der Waals surface area contributed by atoms with Crippen LogP contribution in [0.25, 0.3) is 10.8 Å². The van der Waals surface area contributed by atoms with Crippen LogP contribution in [0.15, 0.2) is 109 Å². The lowest BCUT2D eigenvalue weighted by molar-refractivity contribution is -0.384. The molecule has 0 saturated heterocycles. The number of esters is 1. The minimum Gasteiger partial charge on any atom is -0.489 e. The smallest absolute Gasteiger partial charge is 0.339 e. The van der Waals surface area contributed by atoms with Crippen molar-refractivity contribution >= 4 is 22.4 Å². The normalized spacial score (nSPS) is 10.8. The molecule has 1 atom stereocenters. The van der Waals surface area contributed by atoms with E-state index in [1.54, 1.807) is 0 Å². The molecule has 6 heteroatoms. The van der Waals surface area contributed by atoms with Crippen LogP contribution in [0.3, 0.4) is 0 Å². The summed E-state index contributed by atoms with van der Waals surface area (Å²) in [6.07, 6.45) is 1.51. The van der Waals surface area contributed by atoms with E-state index in [0.717, 1.165) is 27.7 Å². The van der Waals surface area contributed by atoms with Crippen molar-refractivity contribution in [1.82, 2.24) is 0 Å². The lowest BCUT2D eigenvalue weighted by Gasteiger charge is -2.12. The summed E-state index contributed by atoms with van der Waals surface area (Å²) in [5.74, 6) is 12.5. The third kappa shape index (κ3) is 9.13. The highest BCUT2D eigenvalue weighted by Gasteiger charge is 2.15. The largest absolute Gasteiger partial charge is 0.489 e. The van der Waals surface area contributed by atoms with Gasteiger partial charge < -0.3 is 9.47 Å². The minimum absolute atomic E-state index is 0.0979. The van der Waals surface area contributed by atoms with Gasteiger partial charge in [0, 0.05) is 30.5 Å². The molecule has 0 radical (unpaired) electrons. The van der Waals surface area contributed by atoms with E-state index in [1.165, 1.54) is 24.3 Å². The maximum absolute atomic E-state index is 12.7.